The standard InChI is InChI=1S/C25H23N7O/c1-27-25(33)7-9-32-15-29-21-11-18(4-5-22(21)32)20-12-19(17-2-3-17)13-24(30-20)31-23-10-16(14-26)6-8-28-23/h4-6,8,10-13,15,17H,2-3,7,9H2,1H3,(H,27,33)(H,28,30,31). The Balaban J connectivity index is 1.46. The van der Waals surface area contributed by atoms with Crippen molar-refractivity contribution in [3.63, 3.8) is 0 Å². The van der Waals surface area contributed by atoms with E-state index in [0.717, 1.165) is 22.3 Å². The molecule has 1 fully saturated rings. The highest BCUT2D eigenvalue weighted by Gasteiger charge is 2.25. The number of hydrogen-bond donors (Lipinski definition) is 2. The third kappa shape index (κ3) is 4.53. The van der Waals surface area contributed by atoms with Crippen molar-refractivity contribution < 1.29 is 4.79 Å². The molecule has 3 aromatic heterocycles. The minimum atomic E-state index is 0.00406. The van der Waals surface area contributed by atoms with E-state index in [2.05, 4.69) is 38.8 Å². The first-order valence-corrected chi connectivity index (χ1v) is 10.9. The van der Waals surface area contributed by atoms with E-state index in [1.807, 2.05) is 22.8 Å². The molecule has 8 nitrogen and oxygen atoms in total. The predicted octanol–water partition coefficient (Wildman–Crippen LogP) is 4.12. The van der Waals surface area contributed by atoms with Crippen LogP contribution in [0.4, 0.5) is 11.6 Å². The van der Waals surface area contributed by atoms with Crippen LogP contribution < -0.4 is 10.6 Å². The summed E-state index contributed by atoms with van der Waals surface area (Å²) >= 11 is 0. The Labute approximate surface area is 191 Å². The lowest BCUT2D eigenvalue weighted by Crippen LogP contribution is -2.19. The highest BCUT2D eigenvalue weighted by molar-refractivity contribution is 5.82. The number of carbonyl (C=O) groups excluding carboxylic acids is 1. The van der Waals surface area contributed by atoms with E-state index >= 15 is 0 Å². The monoisotopic (exact) mass is 437 g/mol. The molecule has 1 saturated carbocycles. The van der Waals surface area contributed by atoms with E-state index in [1.54, 1.807) is 31.7 Å². The van der Waals surface area contributed by atoms with Gasteiger partial charge in [-0.15, -0.1) is 0 Å². The van der Waals surface area contributed by atoms with Gasteiger partial charge in [-0.3, -0.25) is 4.79 Å². The van der Waals surface area contributed by atoms with Crippen LogP contribution in [0.2, 0.25) is 0 Å². The van der Waals surface area contributed by atoms with Crippen LogP contribution in [0.3, 0.4) is 0 Å². The number of nitrogens with one attached hydrogen (secondary N) is 2. The van der Waals surface area contributed by atoms with Gasteiger partial charge in [0, 0.05) is 31.8 Å². The quantitative estimate of drug-likeness (QED) is 0.450. The van der Waals surface area contributed by atoms with Gasteiger partial charge in [-0.25, -0.2) is 15.0 Å². The summed E-state index contributed by atoms with van der Waals surface area (Å²) in [5.41, 5.74) is 5.47. The maximum Gasteiger partial charge on any atom is 0.221 e. The third-order valence-electron chi connectivity index (χ3n) is 5.82. The molecule has 0 unspecified atom stereocenters. The van der Waals surface area contributed by atoms with E-state index < -0.39 is 0 Å². The molecule has 1 amide bonds. The van der Waals surface area contributed by atoms with Gasteiger partial charge >= 0.3 is 0 Å². The first kappa shape index (κ1) is 20.6. The van der Waals surface area contributed by atoms with Gasteiger partial charge in [0.1, 0.15) is 11.6 Å². The maximum atomic E-state index is 11.6. The number of anilines is 2. The summed E-state index contributed by atoms with van der Waals surface area (Å²) in [7, 11) is 1.64. The molecule has 0 bridgehead atoms. The van der Waals surface area contributed by atoms with Crippen LogP contribution >= 0.6 is 0 Å². The summed E-state index contributed by atoms with van der Waals surface area (Å²) in [5.74, 6) is 1.85. The number of fused-ring (bicyclic) bond motifs is 1. The van der Waals surface area contributed by atoms with Crippen LogP contribution in [0, 0.1) is 11.3 Å². The summed E-state index contributed by atoms with van der Waals surface area (Å²) in [5, 5.41) is 15.1. The Morgan fingerprint density at radius 2 is 2.03 bits per heavy atom. The Hall–Kier alpha value is -4.25. The molecule has 1 aromatic carbocycles. The molecule has 164 valence electrons. The number of pyridine rings is 2. The number of rotatable bonds is 7. The van der Waals surface area contributed by atoms with Gasteiger partial charge in [0.25, 0.3) is 0 Å². The Bertz CT molecular complexity index is 1380. The molecule has 8 heteroatoms. The van der Waals surface area contributed by atoms with Crippen molar-refractivity contribution in [3.8, 4) is 17.3 Å². The SMILES string of the molecule is CNC(=O)CCn1cnc2cc(-c3cc(C4CC4)cc(Nc4cc(C#N)ccn4)n3)ccc21. The van der Waals surface area contributed by atoms with Gasteiger partial charge in [-0.2, -0.15) is 5.26 Å². The summed E-state index contributed by atoms with van der Waals surface area (Å²) in [4.78, 5) is 25.3. The minimum Gasteiger partial charge on any atom is -0.359 e. The van der Waals surface area contributed by atoms with Crippen LogP contribution in [-0.2, 0) is 11.3 Å². The van der Waals surface area contributed by atoms with Crippen molar-refractivity contribution in [2.45, 2.75) is 31.7 Å². The number of imidazole rings is 1. The number of amides is 1. The predicted molar refractivity (Wildman–Crippen MR) is 126 cm³/mol. The molecular formula is C25H23N7O. The highest BCUT2D eigenvalue weighted by atomic mass is 16.1. The van der Waals surface area contributed by atoms with E-state index in [4.69, 9.17) is 10.2 Å². The number of nitrogens with zero attached hydrogens (tertiary/aromatic N) is 5. The Kier molecular flexibility index (Phi) is 5.45. The maximum absolute atomic E-state index is 11.6. The average molecular weight is 438 g/mol. The summed E-state index contributed by atoms with van der Waals surface area (Å²) in [6.45, 7) is 0.577. The van der Waals surface area contributed by atoms with Crippen molar-refractivity contribution in [1.29, 1.82) is 5.26 Å². The van der Waals surface area contributed by atoms with Gasteiger partial charge in [-0.05, 0) is 60.7 Å². The van der Waals surface area contributed by atoms with Gasteiger partial charge < -0.3 is 15.2 Å². The number of nitriles is 1. The lowest BCUT2D eigenvalue weighted by Gasteiger charge is -2.11. The topological polar surface area (TPSA) is 109 Å². The van der Waals surface area contributed by atoms with E-state index in [-0.39, 0.29) is 5.91 Å². The number of benzene rings is 1. The summed E-state index contributed by atoms with van der Waals surface area (Å²) in [6, 6.07) is 15.8. The van der Waals surface area contributed by atoms with E-state index in [0.29, 0.717) is 36.1 Å². The molecule has 1 aliphatic rings. The zero-order valence-electron chi connectivity index (χ0n) is 18.2. The lowest BCUT2D eigenvalue weighted by atomic mass is 10.1. The number of aromatic nitrogens is 4. The molecule has 3 heterocycles. The molecule has 0 saturated heterocycles. The van der Waals surface area contributed by atoms with Crippen molar-refractivity contribution in [2.75, 3.05) is 12.4 Å². The minimum absolute atomic E-state index is 0.00406. The molecule has 0 spiro atoms. The van der Waals surface area contributed by atoms with Crippen molar-refractivity contribution in [3.05, 3.63) is 66.1 Å². The molecule has 1 aliphatic carbocycles. The Morgan fingerprint density at radius 1 is 1.15 bits per heavy atom. The average Bonchev–Trinajstić information content (AvgIpc) is 3.62. The second kappa shape index (κ2) is 8.71. The fraction of sp³-hybridized carbons (Fsp3) is 0.240. The molecule has 2 N–H and O–H groups in total. The second-order valence-corrected chi connectivity index (χ2v) is 8.18. The fourth-order valence-corrected chi connectivity index (χ4v) is 3.86. The zero-order chi connectivity index (χ0) is 22.8. The van der Waals surface area contributed by atoms with E-state index in [9.17, 15) is 4.79 Å². The Morgan fingerprint density at radius 3 is 2.82 bits per heavy atom. The molecule has 5 rings (SSSR count). The van der Waals surface area contributed by atoms with Crippen LogP contribution in [-0.4, -0.2) is 32.5 Å². The smallest absolute Gasteiger partial charge is 0.221 e. The molecule has 4 aromatic rings. The summed E-state index contributed by atoms with van der Waals surface area (Å²) in [6.07, 6.45) is 6.15. The normalized spacial score (nSPS) is 13.0. The third-order valence-corrected chi connectivity index (χ3v) is 5.82. The number of carbonyl (C=O) groups is 1. The highest BCUT2D eigenvalue weighted by Crippen LogP contribution is 2.42. The van der Waals surface area contributed by atoms with Crippen LogP contribution in [0.1, 0.15) is 36.3 Å². The second-order valence-electron chi connectivity index (χ2n) is 8.18. The number of aryl methyl sites for hydroxylation is 1. The lowest BCUT2D eigenvalue weighted by molar-refractivity contribution is -0.120. The fourth-order valence-electron chi connectivity index (χ4n) is 3.86. The summed E-state index contributed by atoms with van der Waals surface area (Å²) < 4.78 is 1.99. The first-order chi connectivity index (χ1) is 16.1. The number of hydrogen-bond acceptors (Lipinski definition) is 6. The molecule has 0 atom stereocenters. The van der Waals surface area contributed by atoms with Crippen LogP contribution in [0.25, 0.3) is 22.3 Å². The van der Waals surface area contributed by atoms with Crippen LogP contribution in [0.15, 0.2) is 55.0 Å². The van der Waals surface area contributed by atoms with Gasteiger partial charge in [-0.1, -0.05) is 6.07 Å². The van der Waals surface area contributed by atoms with Gasteiger partial charge in [0.2, 0.25) is 5.91 Å². The van der Waals surface area contributed by atoms with E-state index in [1.165, 1.54) is 18.4 Å². The van der Waals surface area contributed by atoms with Crippen molar-refractivity contribution in [2.24, 2.45) is 0 Å². The molecule has 0 radical (unpaired) electrons. The molecule has 33 heavy (non-hydrogen) atoms. The zero-order valence-corrected chi connectivity index (χ0v) is 18.2. The van der Waals surface area contributed by atoms with Crippen molar-refractivity contribution in [1.82, 2.24) is 24.8 Å². The largest absolute Gasteiger partial charge is 0.359 e. The molecule has 0 aliphatic heterocycles. The van der Waals surface area contributed by atoms with Crippen LogP contribution in [0.5, 0.6) is 0 Å². The van der Waals surface area contributed by atoms with Gasteiger partial charge in [0.05, 0.1) is 34.7 Å². The van der Waals surface area contributed by atoms with Crippen molar-refractivity contribution >= 4 is 28.6 Å². The first-order valence-electron chi connectivity index (χ1n) is 10.9. The molecular weight excluding hydrogens is 414 g/mol. The van der Waals surface area contributed by atoms with Gasteiger partial charge in [0.15, 0.2) is 0 Å².